The standard InChI is InChI=1S/C20H24O3/c1-3-15-9-10-16(4-2)19(13-15)23-14-17-7-5-6-8-18(17)20-21-11-12-22-20/h5-10,13,20H,3-4,11-12,14H2,1-2H3. The van der Waals surface area contributed by atoms with Crippen LogP contribution in [-0.4, -0.2) is 13.2 Å². The molecule has 2 aromatic rings. The quantitative estimate of drug-likeness (QED) is 0.789. The van der Waals surface area contributed by atoms with Gasteiger partial charge in [0.15, 0.2) is 6.29 Å². The van der Waals surface area contributed by atoms with Crippen molar-refractivity contribution < 1.29 is 14.2 Å². The smallest absolute Gasteiger partial charge is 0.184 e. The van der Waals surface area contributed by atoms with Gasteiger partial charge in [-0.1, -0.05) is 50.2 Å². The van der Waals surface area contributed by atoms with E-state index < -0.39 is 0 Å². The summed E-state index contributed by atoms with van der Waals surface area (Å²) >= 11 is 0. The summed E-state index contributed by atoms with van der Waals surface area (Å²) in [7, 11) is 0. The molecule has 1 aliphatic rings. The van der Waals surface area contributed by atoms with Gasteiger partial charge in [-0.05, 0) is 35.6 Å². The highest BCUT2D eigenvalue weighted by molar-refractivity contribution is 5.38. The molecule has 0 bridgehead atoms. The molecule has 1 heterocycles. The molecule has 3 heteroatoms. The molecule has 0 aromatic heterocycles. The number of hydrogen-bond acceptors (Lipinski definition) is 3. The molecule has 0 radical (unpaired) electrons. The maximum atomic E-state index is 6.15. The predicted molar refractivity (Wildman–Crippen MR) is 90.6 cm³/mol. The molecule has 23 heavy (non-hydrogen) atoms. The third-order valence-corrected chi connectivity index (χ3v) is 4.23. The van der Waals surface area contributed by atoms with Crippen LogP contribution in [0.5, 0.6) is 5.75 Å². The number of hydrogen-bond donors (Lipinski definition) is 0. The number of ether oxygens (including phenoxy) is 3. The van der Waals surface area contributed by atoms with E-state index in [1.54, 1.807) is 0 Å². The van der Waals surface area contributed by atoms with Crippen LogP contribution in [0.3, 0.4) is 0 Å². The second-order valence-electron chi connectivity index (χ2n) is 5.71. The predicted octanol–water partition coefficient (Wildman–Crippen LogP) is 4.44. The Morgan fingerprint density at radius 3 is 2.48 bits per heavy atom. The zero-order valence-electron chi connectivity index (χ0n) is 13.9. The first-order valence-corrected chi connectivity index (χ1v) is 8.37. The Labute approximate surface area is 138 Å². The van der Waals surface area contributed by atoms with Crippen molar-refractivity contribution in [2.24, 2.45) is 0 Å². The normalized spacial score (nSPS) is 15.0. The molecule has 0 aliphatic carbocycles. The fourth-order valence-electron chi connectivity index (χ4n) is 2.83. The van der Waals surface area contributed by atoms with Crippen LogP contribution in [0.25, 0.3) is 0 Å². The molecule has 0 N–H and O–H groups in total. The Balaban J connectivity index is 1.78. The minimum atomic E-state index is -0.262. The molecule has 1 saturated heterocycles. The molecule has 0 spiro atoms. The van der Waals surface area contributed by atoms with E-state index in [0.29, 0.717) is 19.8 Å². The van der Waals surface area contributed by atoms with Gasteiger partial charge in [-0.25, -0.2) is 0 Å². The molecule has 3 rings (SSSR count). The van der Waals surface area contributed by atoms with Crippen molar-refractivity contribution in [1.82, 2.24) is 0 Å². The number of aryl methyl sites for hydroxylation is 2. The Hall–Kier alpha value is -1.84. The van der Waals surface area contributed by atoms with Crippen molar-refractivity contribution in [3.05, 3.63) is 64.7 Å². The van der Waals surface area contributed by atoms with Crippen LogP contribution in [-0.2, 0) is 28.9 Å². The van der Waals surface area contributed by atoms with Gasteiger partial charge >= 0.3 is 0 Å². The molecular formula is C20H24O3. The Morgan fingerprint density at radius 1 is 0.957 bits per heavy atom. The Morgan fingerprint density at radius 2 is 1.74 bits per heavy atom. The fraction of sp³-hybridized carbons (Fsp3) is 0.400. The molecule has 2 aromatic carbocycles. The summed E-state index contributed by atoms with van der Waals surface area (Å²) < 4.78 is 17.4. The first-order valence-electron chi connectivity index (χ1n) is 8.37. The topological polar surface area (TPSA) is 27.7 Å². The van der Waals surface area contributed by atoms with E-state index in [4.69, 9.17) is 14.2 Å². The maximum absolute atomic E-state index is 6.15. The van der Waals surface area contributed by atoms with Gasteiger partial charge in [0.1, 0.15) is 12.4 Å². The molecule has 0 saturated carbocycles. The zero-order chi connectivity index (χ0) is 16.1. The van der Waals surface area contributed by atoms with E-state index in [-0.39, 0.29) is 6.29 Å². The fourth-order valence-corrected chi connectivity index (χ4v) is 2.83. The van der Waals surface area contributed by atoms with Crippen molar-refractivity contribution >= 4 is 0 Å². The van der Waals surface area contributed by atoms with Gasteiger partial charge in [0, 0.05) is 5.56 Å². The summed E-state index contributed by atoms with van der Waals surface area (Å²) in [5, 5.41) is 0. The number of rotatable bonds is 6. The lowest BCUT2D eigenvalue weighted by atomic mass is 10.1. The first kappa shape index (κ1) is 16.0. The SMILES string of the molecule is CCc1ccc(CC)c(OCc2ccccc2C2OCCO2)c1. The summed E-state index contributed by atoms with van der Waals surface area (Å²) in [6.07, 6.45) is 1.72. The molecule has 3 nitrogen and oxygen atoms in total. The summed E-state index contributed by atoms with van der Waals surface area (Å²) in [6.45, 7) is 6.15. The lowest BCUT2D eigenvalue weighted by molar-refractivity contribution is -0.0451. The van der Waals surface area contributed by atoms with Crippen LogP contribution >= 0.6 is 0 Å². The molecule has 0 unspecified atom stereocenters. The van der Waals surface area contributed by atoms with Crippen molar-refractivity contribution in [2.45, 2.75) is 39.6 Å². The van der Waals surface area contributed by atoms with Crippen molar-refractivity contribution in [3.63, 3.8) is 0 Å². The largest absolute Gasteiger partial charge is 0.489 e. The van der Waals surface area contributed by atoms with Gasteiger partial charge in [0.2, 0.25) is 0 Å². The van der Waals surface area contributed by atoms with E-state index in [9.17, 15) is 0 Å². The first-order chi connectivity index (χ1) is 11.3. The van der Waals surface area contributed by atoms with Crippen LogP contribution in [0.1, 0.15) is 42.4 Å². The maximum Gasteiger partial charge on any atom is 0.184 e. The molecule has 1 fully saturated rings. The van der Waals surface area contributed by atoms with Crippen LogP contribution in [0.2, 0.25) is 0 Å². The molecule has 0 amide bonds. The summed E-state index contributed by atoms with van der Waals surface area (Å²) in [5.41, 5.74) is 4.72. The van der Waals surface area contributed by atoms with Crippen LogP contribution < -0.4 is 4.74 Å². The van der Waals surface area contributed by atoms with Crippen LogP contribution in [0, 0.1) is 0 Å². The molecule has 122 valence electrons. The Kier molecular flexibility index (Phi) is 5.31. The van der Waals surface area contributed by atoms with E-state index in [0.717, 1.165) is 29.7 Å². The highest BCUT2D eigenvalue weighted by atomic mass is 16.7. The number of benzene rings is 2. The minimum absolute atomic E-state index is 0.262. The molecule has 1 aliphatic heterocycles. The average molecular weight is 312 g/mol. The van der Waals surface area contributed by atoms with Crippen molar-refractivity contribution in [3.8, 4) is 5.75 Å². The van der Waals surface area contributed by atoms with E-state index in [1.807, 2.05) is 12.1 Å². The van der Waals surface area contributed by atoms with Crippen molar-refractivity contribution in [1.29, 1.82) is 0 Å². The zero-order valence-corrected chi connectivity index (χ0v) is 13.9. The van der Waals surface area contributed by atoms with E-state index >= 15 is 0 Å². The second kappa shape index (κ2) is 7.62. The molecule has 0 atom stereocenters. The summed E-state index contributed by atoms with van der Waals surface area (Å²) in [5.74, 6) is 0.981. The third-order valence-electron chi connectivity index (χ3n) is 4.23. The molecular weight excluding hydrogens is 288 g/mol. The van der Waals surface area contributed by atoms with Crippen molar-refractivity contribution in [2.75, 3.05) is 13.2 Å². The summed E-state index contributed by atoms with van der Waals surface area (Å²) in [4.78, 5) is 0. The van der Waals surface area contributed by atoms with Gasteiger partial charge in [-0.3, -0.25) is 0 Å². The minimum Gasteiger partial charge on any atom is -0.489 e. The Bertz CT molecular complexity index is 645. The van der Waals surface area contributed by atoms with Gasteiger partial charge < -0.3 is 14.2 Å². The lowest BCUT2D eigenvalue weighted by Crippen LogP contribution is -2.06. The highest BCUT2D eigenvalue weighted by Gasteiger charge is 2.21. The lowest BCUT2D eigenvalue weighted by Gasteiger charge is -2.17. The van der Waals surface area contributed by atoms with E-state index in [1.165, 1.54) is 11.1 Å². The average Bonchev–Trinajstić information content (AvgIpc) is 3.14. The van der Waals surface area contributed by atoms with E-state index in [2.05, 4.69) is 44.2 Å². The van der Waals surface area contributed by atoms with Gasteiger partial charge in [-0.2, -0.15) is 0 Å². The summed E-state index contributed by atoms with van der Waals surface area (Å²) in [6, 6.07) is 14.7. The van der Waals surface area contributed by atoms with Gasteiger partial charge in [0.05, 0.1) is 13.2 Å². The van der Waals surface area contributed by atoms with Gasteiger partial charge in [0.25, 0.3) is 0 Å². The van der Waals surface area contributed by atoms with Crippen LogP contribution in [0.15, 0.2) is 42.5 Å². The monoisotopic (exact) mass is 312 g/mol. The second-order valence-corrected chi connectivity index (χ2v) is 5.71. The highest BCUT2D eigenvalue weighted by Crippen LogP contribution is 2.28. The van der Waals surface area contributed by atoms with Gasteiger partial charge in [-0.15, -0.1) is 0 Å². The third kappa shape index (κ3) is 3.74. The van der Waals surface area contributed by atoms with Crippen LogP contribution in [0.4, 0.5) is 0 Å².